The molecule has 0 fully saturated rings. The summed E-state index contributed by atoms with van der Waals surface area (Å²) in [6, 6.07) is 0. The first-order valence-corrected chi connectivity index (χ1v) is 9.07. The van der Waals surface area contributed by atoms with Gasteiger partial charge in [-0.1, -0.05) is 95.1 Å². The number of carboxylic acid groups (broad SMARTS) is 1. The van der Waals surface area contributed by atoms with Gasteiger partial charge in [-0.3, -0.25) is 0 Å². The van der Waals surface area contributed by atoms with Crippen molar-refractivity contribution in [2.45, 2.75) is 83.7 Å². The second-order valence-electron chi connectivity index (χ2n) is 6.02. The van der Waals surface area contributed by atoms with Crippen molar-refractivity contribution in [2.24, 2.45) is 0 Å². The molecule has 0 saturated heterocycles. The third-order valence-corrected chi connectivity index (χ3v) is 3.76. The SMILES string of the molecule is CCCCCCCCCCCC(O)CC=CC=CC=CC(=O)O. The normalized spacial score (nSPS) is 13.5. The summed E-state index contributed by atoms with van der Waals surface area (Å²) in [7, 11) is 0. The van der Waals surface area contributed by atoms with Gasteiger partial charge < -0.3 is 10.2 Å². The van der Waals surface area contributed by atoms with Gasteiger partial charge in [-0.25, -0.2) is 4.79 Å². The molecule has 0 spiro atoms. The first-order valence-electron chi connectivity index (χ1n) is 9.07. The average molecular weight is 322 g/mol. The van der Waals surface area contributed by atoms with Gasteiger partial charge in [-0.15, -0.1) is 0 Å². The summed E-state index contributed by atoms with van der Waals surface area (Å²) < 4.78 is 0. The van der Waals surface area contributed by atoms with E-state index >= 15 is 0 Å². The largest absolute Gasteiger partial charge is 0.478 e. The molecule has 1 unspecified atom stereocenters. The lowest BCUT2D eigenvalue weighted by molar-refractivity contribution is -0.131. The molecule has 3 heteroatoms. The van der Waals surface area contributed by atoms with E-state index in [9.17, 15) is 9.90 Å². The summed E-state index contributed by atoms with van der Waals surface area (Å²) in [6.45, 7) is 2.24. The average Bonchev–Trinajstić information content (AvgIpc) is 2.52. The van der Waals surface area contributed by atoms with Gasteiger partial charge in [0, 0.05) is 6.08 Å². The topological polar surface area (TPSA) is 57.5 Å². The second kappa shape index (κ2) is 17.0. The molecule has 0 rings (SSSR count). The molecule has 0 aromatic rings. The van der Waals surface area contributed by atoms with E-state index in [1.165, 1.54) is 57.4 Å². The second-order valence-corrected chi connectivity index (χ2v) is 6.02. The molecule has 132 valence electrons. The number of aliphatic hydroxyl groups excluding tert-OH is 1. The number of allylic oxidation sites excluding steroid dienone is 4. The molecular formula is C20H34O3. The Morgan fingerprint density at radius 2 is 1.43 bits per heavy atom. The van der Waals surface area contributed by atoms with Gasteiger partial charge in [-0.2, -0.15) is 0 Å². The predicted molar refractivity (Wildman–Crippen MR) is 97.5 cm³/mol. The Bertz CT molecular complexity index is 356. The fourth-order valence-electron chi connectivity index (χ4n) is 2.39. The zero-order valence-corrected chi connectivity index (χ0v) is 14.6. The highest BCUT2D eigenvalue weighted by atomic mass is 16.4. The Kier molecular flexibility index (Phi) is 16.0. The van der Waals surface area contributed by atoms with Gasteiger partial charge in [0.15, 0.2) is 0 Å². The van der Waals surface area contributed by atoms with Gasteiger partial charge >= 0.3 is 5.97 Å². The lowest BCUT2D eigenvalue weighted by atomic mass is 10.0. The van der Waals surface area contributed by atoms with Crippen LogP contribution in [0.25, 0.3) is 0 Å². The van der Waals surface area contributed by atoms with E-state index in [1.807, 2.05) is 12.2 Å². The Morgan fingerprint density at radius 3 is 2.04 bits per heavy atom. The predicted octanol–water partition coefficient (Wildman–Crippen LogP) is 5.41. The number of hydrogen-bond donors (Lipinski definition) is 2. The summed E-state index contributed by atoms with van der Waals surface area (Å²) in [5.41, 5.74) is 0. The van der Waals surface area contributed by atoms with E-state index in [2.05, 4.69) is 6.92 Å². The summed E-state index contributed by atoms with van der Waals surface area (Å²) in [6.07, 6.45) is 22.7. The Hall–Kier alpha value is -1.35. The zero-order chi connectivity index (χ0) is 17.2. The molecule has 0 amide bonds. The van der Waals surface area contributed by atoms with Crippen molar-refractivity contribution >= 4 is 5.97 Å². The van der Waals surface area contributed by atoms with Crippen molar-refractivity contribution in [1.29, 1.82) is 0 Å². The molecule has 0 bridgehead atoms. The van der Waals surface area contributed by atoms with Crippen LogP contribution in [-0.2, 0) is 4.79 Å². The van der Waals surface area contributed by atoms with Crippen LogP contribution in [0.3, 0.4) is 0 Å². The molecule has 0 aliphatic carbocycles. The van der Waals surface area contributed by atoms with Crippen molar-refractivity contribution in [1.82, 2.24) is 0 Å². The molecule has 0 aromatic carbocycles. The number of aliphatic carboxylic acids is 1. The molecule has 2 N–H and O–H groups in total. The number of carboxylic acids is 1. The summed E-state index contributed by atoms with van der Waals surface area (Å²) >= 11 is 0. The van der Waals surface area contributed by atoms with E-state index in [1.54, 1.807) is 12.2 Å². The first kappa shape index (κ1) is 21.6. The molecule has 3 nitrogen and oxygen atoms in total. The highest BCUT2D eigenvalue weighted by molar-refractivity contribution is 5.80. The smallest absolute Gasteiger partial charge is 0.328 e. The molecule has 0 aliphatic heterocycles. The van der Waals surface area contributed by atoms with Gasteiger partial charge in [0.2, 0.25) is 0 Å². The standard InChI is InChI=1S/C20H34O3/c1-2-3-4-5-6-7-8-10-13-16-19(21)17-14-11-9-12-15-18-20(22)23/h9,11-12,14-15,18-19,21H,2-8,10,13,16-17H2,1H3,(H,22,23). The molecule has 0 heterocycles. The van der Waals surface area contributed by atoms with Crippen LogP contribution in [0.1, 0.15) is 77.6 Å². The number of hydrogen-bond acceptors (Lipinski definition) is 2. The highest BCUT2D eigenvalue weighted by Crippen LogP contribution is 2.12. The van der Waals surface area contributed by atoms with E-state index in [-0.39, 0.29) is 6.10 Å². The van der Waals surface area contributed by atoms with Gasteiger partial charge in [0.1, 0.15) is 0 Å². The van der Waals surface area contributed by atoms with Crippen molar-refractivity contribution in [3.63, 3.8) is 0 Å². The Morgan fingerprint density at radius 1 is 0.870 bits per heavy atom. The van der Waals surface area contributed by atoms with Crippen molar-refractivity contribution in [2.75, 3.05) is 0 Å². The van der Waals surface area contributed by atoms with E-state index in [4.69, 9.17) is 5.11 Å². The third kappa shape index (κ3) is 18.6. The molecule has 0 aromatic heterocycles. The summed E-state index contributed by atoms with van der Waals surface area (Å²) in [4.78, 5) is 10.2. The molecule has 0 saturated carbocycles. The zero-order valence-electron chi connectivity index (χ0n) is 14.6. The van der Waals surface area contributed by atoms with Crippen molar-refractivity contribution < 1.29 is 15.0 Å². The van der Waals surface area contributed by atoms with Crippen LogP contribution in [-0.4, -0.2) is 22.3 Å². The molecular weight excluding hydrogens is 288 g/mol. The lowest BCUT2D eigenvalue weighted by Gasteiger charge is -2.07. The Balaban J connectivity index is 3.43. The van der Waals surface area contributed by atoms with Crippen LogP contribution in [0, 0.1) is 0 Å². The van der Waals surface area contributed by atoms with Crippen LogP contribution in [0.2, 0.25) is 0 Å². The van der Waals surface area contributed by atoms with Gasteiger partial charge in [0.05, 0.1) is 6.10 Å². The molecule has 1 atom stereocenters. The van der Waals surface area contributed by atoms with Crippen LogP contribution in [0.4, 0.5) is 0 Å². The minimum Gasteiger partial charge on any atom is -0.478 e. The monoisotopic (exact) mass is 322 g/mol. The van der Waals surface area contributed by atoms with Crippen LogP contribution < -0.4 is 0 Å². The molecule has 0 aliphatic rings. The molecule has 0 radical (unpaired) electrons. The Labute approximate surface area is 141 Å². The minimum atomic E-state index is -0.949. The van der Waals surface area contributed by atoms with E-state index in [0.29, 0.717) is 6.42 Å². The highest BCUT2D eigenvalue weighted by Gasteiger charge is 2.00. The number of aliphatic hydroxyl groups is 1. The maximum absolute atomic E-state index is 10.2. The van der Waals surface area contributed by atoms with E-state index < -0.39 is 5.97 Å². The number of rotatable bonds is 15. The van der Waals surface area contributed by atoms with Crippen molar-refractivity contribution in [3.8, 4) is 0 Å². The van der Waals surface area contributed by atoms with E-state index in [0.717, 1.165) is 18.9 Å². The number of carbonyl (C=O) groups is 1. The quantitative estimate of drug-likeness (QED) is 0.241. The fourth-order valence-corrected chi connectivity index (χ4v) is 2.39. The lowest BCUT2D eigenvalue weighted by Crippen LogP contribution is -2.04. The van der Waals surface area contributed by atoms with Crippen LogP contribution >= 0.6 is 0 Å². The maximum atomic E-state index is 10.2. The van der Waals surface area contributed by atoms with Crippen LogP contribution in [0.15, 0.2) is 36.5 Å². The fraction of sp³-hybridized carbons (Fsp3) is 0.650. The van der Waals surface area contributed by atoms with Gasteiger partial charge in [-0.05, 0) is 12.8 Å². The van der Waals surface area contributed by atoms with Gasteiger partial charge in [0.25, 0.3) is 0 Å². The number of unbranched alkanes of at least 4 members (excludes halogenated alkanes) is 8. The minimum absolute atomic E-state index is 0.265. The molecule has 23 heavy (non-hydrogen) atoms. The third-order valence-electron chi connectivity index (χ3n) is 3.76. The van der Waals surface area contributed by atoms with Crippen molar-refractivity contribution in [3.05, 3.63) is 36.5 Å². The summed E-state index contributed by atoms with van der Waals surface area (Å²) in [5.74, 6) is -0.949. The maximum Gasteiger partial charge on any atom is 0.328 e. The van der Waals surface area contributed by atoms with Crippen LogP contribution in [0.5, 0.6) is 0 Å². The first-order chi connectivity index (χ1) is 11.2. The summed E-state index contributed by atoms with van der Waals surface area (Å²) in [5, 5.41) is 18.3.